The van der Waals surface area contributed by atoms with Gasteiger partial charge in [0.2, 0.25) is 0 Å². The van der Waals surface area contributed by atoms with E-state index in [1.165, 1.54) is 18.6 Å². The van der Waals surface area contributed by atoms with Crippen molar-refractivity contribution in [2.75, 3.05) is 0 Å². The van der Waals surface area contributed by atoms with E-state index in [0.717, 1.165) is 4.68 Å². The molecule has 2 aliphatic carbocycles. The van der Waals surface area contributed by atoms with Crippen LogP contribution < -0.4 is 0 Å². The lowest BCUT2D eigenvalue weighted by Gasteiger charge is -2.18. The van der Waals surface area contributed by atoms with E-state index in [0.29, 0.717) is 0 Å². The third kappa shape index (κ3) is 12.1. The fourth-order valence-corrected chi connectivity index (χ4v) is 4.17. The normalized spacial score (nSPS) is 18.9. The first kappa shape index (κ1) is 39.5. The summed E-state index contributed by atoms with van der Waals surface area (Å²) in [7, 11) is -3.99. The molecule has 0 spiro atoms. The molecule has 1 aromatic heterocycles. The molecule has 2 aliphatic rings. The zero-order valence-corrected chi connectivity index (χ0v) is 28.7. The molecule has 44 heavy (non-hydrogen) atoms. The summed E-state index contributed by atoms with van der Waals surface area (Å²) in [6.07, 6.45) is -4.99. The maximum Gasteiger partial charge on any atom is 0.413 e. The molecule has 19 heteroatoms. The quantitative estimate of drug-likeness (QED) is 0.0625. The van der Waals surface area contributed by atoms with Crippen LogP contribution in [0.3, 0.4) is 0 Å². The predicted molar refractivity (Wildman–Crippen MR) is 163 cm³/mol. The SMILES string of the molecule is CC(C)(C)[S@](=O)N=CC#C[Si](C)(C)C.CC(C)(C)[S@](=O)N=Cc1cn(C2(C(F)(F)F)CC2)nn1.[N-]=[N+]=NC1(C(F)(F)F)CC1. The lowest BCUT2D eigenvalue weighted by Crippen LogP contribution is -2.35. The summed E-state index contributed by atoms with van der Waals surface area (Å²) in [5.41, 5.74) is 7.09. The predicted octanol–water partition coefficient (Wildman–Crippen LogP) is 7.00. The standard InChI is InChI=1S/C11H15F3N4OS.C10H19NOSSi.C4H4F3N3/c1-9(2,3)20(19)15-6-8-7-18(17-16-8)10(4-5-10)11(12,13)14;1-10(2,3)13(12)11-8-7-9-14(4,5)6;5-4(6,7)3(1-2-3)9-10-8/h6-7H,4-5H2,1-3H3;8H,1-6H3;1-2H2/t20-;13-;/m00./s1. The van der Waals surface area contributed by atoms with Crippen LogP contribution in [-0.2, 0) is 27.5 Å². The molecule has 2 saturated carbocycles. The van der Waals surface area contributed by atoms with Crippen molar-refractivity contribution in [2.24, 2.45) is 13.9 Å². The summed E-state index contributed by atoms with van der Waals surface area (Å²) in [5, 5.41) is 9.83. The summed E-state index contributed by atoms with van der Waals surface area (Å²) >= 11 is 0. The number of aromatic nitrogens is 3. The molecule has 0 aromatic carbocycles. The average Bonchev–Trinajstić information content (AvgIpc) is 3.76. The Morgan fingerprint density at radius 2 is 1.43 bits per heavy atom. The zero-order chi connectivity index (χ0) is 34.4. The number of azide groups is 1. The Morgan fingerprint density at radius 3 is 1.77 bits per heavy atom. The molecule has 10 nitrogen and oxygen atoms in total. The number of alkyl halides is 6. The van der Waals surface area contributed by atoms with Gasteiger partial charge in [0, 0.05) is 4.91 Å². The smallest absolute Gasteiger partial charge is 0.237 e. The topological polar surface area (TPSA) is 138 Å². The fraction of sp³-hybridized carbons (Fsp3) is 0.760. The van der Waals surface area contributed by atoms with Crippen molar-refractivity contribution < 1.29 is 34.8 Å². The van der Waals surface area contributed by atoms with Crippen LogP contribution in [0.2, 0.25) is 19.6 Å². The maximum absolute atomic E-state index is 12.9. The lowest BCUT2D eigenvalue weighted by atomic mass is 10.2. The minimum atomic E-state index is -4.36. The number of hydrogen-bond acceptors (Lipinski definition) is 5. The Balaban J connectivity index is 0.000000353. The van der Waals surface area contributed by atoms with E-state index in [1.54, 1.807) is 20.8 Å². The van der Waals surface area contributed by atoms with Crippen LogP contribution in [0.4, 0.5) is 26.3 Å². The zero-order valence-electron chi connectivity index (χ0n) is 26.0. The summed E-state index contributed by atoms with van der Waals surface area (Å²) in [6.45, 7) is 17.4. The van der Waals surface area contributed by atoms with E-state index < -0.39 is 58.2 Å². The summed E-state index contributed by atoms with van der Waals surface area (Å²) in [6, 6.07) is 0. The number of rotatable bonds is 5. The molecule has 2 fully saturated rings. The molecule has 0 bridgehead atoms. The second kappa shape index (κ2) is 14.3. The van der Waals surface area contributed by atoms with Crippen LogP contribution in [0.25, 0.3) is 10.4 Å². The molecule has 0 aliphatic heterocycles. The van der Waals surface area contributed by atoms with Gasteiger partial charge in [0.1, 0.15) is 41.3 Å². The van der Waals surface area contributed by atoms with Gasteiger partial charge in [-0.2, -0.15) is 35.1 Å². The number of nitrogens with zero attached hydrogens (tertiary/aromatic N) is 8. The maximum atomic E-state index is 12.9. The Labute approximate surface area is 259 Å². The fourth-order valence-electron chi connectivity index (χ4n) is 2.69. The molecular weight excluding hydrogens is 651 g/mol. The third-order valence-corrected chi connectivity index (χ3v) is 9.26. The molecule has 248 valence electrons. The van der Waals surface area contributed by atoms with Crippen molar-refractivity contribution in [2.45, 2.75) is 120 Å². The molecular formula is C25H38F6N8O2S2Si. The largest absolute Gasteiger partial charge is 0.413 e. The summed E-state index contributed by atoms with van der Waals surface area (Å²) in [4.78, 5) is 2.14. The van der Waals surface area contributed by atoms with E-state index in [9.17, 15) is 34.8 Å². The van der Waals surface area contributed by atoms with Crippen LogP contribution in [0.1, 0.15) is 72.9 Å². The average molecular weight is 689 g/mol. The van der Waals surface area contributed by atoms with E-state index in [-0.39, 0.29) is 36.1 Å². The van der Waals surface area contributed by atoms with Gasteiger partial charge in [0.05, 0.1) is 28.1 Å². The van der Waals surface area contributed by atoms with Gasteiger partial charge in [-0.15, -0.1) is 10.6 Å². The second-order valence-corrected chi connectivity index (χ2v) is 21.7. The molecule has 0 amide bonds. The first-order valence-electron chi connectivity index (χ1n) is 13.3. The molecule has 0 saturated heterocycles. The highest BCUT2D eigenvalue weighted by atomic mass is 32.2. The van der Waals surface area contributed by atoms with Crippen molar-refractivity contribution in [3.05, 3.63) is 22.3 Å². The summed E-state index contributed by atoms with van der Waals surface area (Å²) < 4.78 is 105. The Kier molecular flexibility index (Phi) is 12.8. The van der Waals surface area contributed by atoms with E-state index >= 15 is 0 Å². The Bertz CT molecular complexity index is 1360. The van der Waals surface area contributed by atoms with Crippen LogP contribution in [0.15, 0.2) is 20.1 Å². The monoisotopic (exact) mass is 688 g/mol. The van der Waals surface area contributed by atoms with Gasteiger partial charge in [-0.25, -0.2) is 13.1 Å². The highest BCUT2D eigenvalue weighted by molar-refractivity contribution is 7.85. The van der Waals surface area contributed by atoms with Gasteiger partial charge in [-0.1, -0.05) is 35.9 Å². The molecule has 1 heterocycles. The Morgan fingerprint density at radius 1 is 0.932 bits per heavy atom. The van der Waals surface area contributed by atoms with Gasteiger partial charge in [0.15, 0.2) is 5.54 Å². The highest BCUT2D eigenvalue weighted by Crippen LogP contribution is 2.55. The number of halogens is 6. The van der Waals surface area contributed by atoms with Crippen LogP contribution in [-0.4, -0.2) is 71.3 Å². The van der Waals surface area contributed by atoms with Gasteiger partial charge >= 0.3 is 12.4 Å². The van der Waals surface area contributed by atoms with Crippen molar-refractivity contribution in [1.82, 2.24) is 15.0 Å². The minimum Gasteiger partial charge on any atom is -0.237 e. The molecule has 1 aromatic rings. The van der Waals surface area contributed by atoms with Gasteiger partial charge in [-0.3, -0.25) is 0 Å². The second-order valence-electron chi connectivity index (χ2n) is 13.0. The van der Waals surface area contributed by atoms with Gasteiger partial charge in [-0.05, 0) is 72.8 Å². The molecule has 2 atom stereocenters. The van der Waals surface area contributed by atoms with Gasteiger partial charge in [0.25, 0.3) is 0 Å². The molecule has 0 unspecified atom stereocenters. The third-order valence-electron chi connectivity index (χ3n) is 5.68. The number of hydrogen-bond donors (Lipinski definition) is 0. The first-order chi connectivity index (χ1) is 19.7. The van der Waals surface area contributed by atoms with Crippen LogP contribution in [0.5, 0.6) is 0 Å². The first-order valence-corrected chi connectivity index (χ1v) is 19.0. The highest BCUT2D eigenvalue weighted by Gasteiger charge is 2.66. The summed E-state index contributed by atoms with van der Waals surface area (Å²) in [5.74, 6) is 2.86. The van der Waals surface area contributed by atoms with Gasteiger partial charge < -0.3 is 0 Å². The molecule has 0 N–H and O–H groups in total. The van der Waals surface area contributed by atoms with Crippen molar-refractivity contribution in [1.29, 1.82) is 0 Å². The minimum absolute atomic E-state index is 0.00433. The lowest BCUT2D eigenvalue weighted by molar-refractivity contribution is -0.183. The van der Waals surface area contributed by atoms with E-state index in [1.807, 2.05) is 20.8 Å². The van der Waals surface area contributed by atoms with E-state index in [2.05, 4.69) is 60.2 Å². The Hall–Kier alpha value is -2.55. The van der Waals surface area contributed by atoms with Crippen molar-refractivity contribution in [3.63, 3.8) is 0 Å². The van der Waals surface area contributed by atoms with Crippen LogP contribution >= 0.6 is 0 Å². The van der Waals surface area contributed by atoms with Crippen molar-refractivity contribution in [3.8, 4) is 11.5 Å². The van der Waals surface area contributed by atoms with E-state index in [4.69, 9.17) is 5.53 Å². The molecule has 0 radical (unpaired) electrons. The van der Waals surface area contributed by atoms with Crippen LogP contribution in [0, 0.1) is 11.5 Å². The van der Waals surface area contributed by atoms with Crippen molar-refractivity contribution >= 4 is 42.5 Å². The molecule has 3 rings (SSSR count).